The molecule has 6 heteroatoms. The van der Waals surface area contributed by atoms with Crippen molar-refractivity contribution in [1.29, 1.82) is 0 Å². The molecule has 1 aromatic heterocycles. The molecule has 1 saturated heterocycles. The van der Waals surface area contributed by atoms with Crippen LogP contribution in [0.15, 0.2) is 30.3 Å². The monoisotopic (exact) mass is 375 g/mol. The molecule has 0 unspecified atom stereocenters. The van der Waals surface area contributed by atoms with Crippen LogP contribution < -0.4 is 5.32 Å². The van der Waals surface area contributed by atoms with Crippen LogP contribution in [0.25, 0.3) is 0 Å². The first-order valence-electron chi connectivity index (χ1n) is 9.38. The molecule has 1 aromatic carbocycles. The molecule has 0 radical (unpaired) electrons. The molecule has 0 aliphatic carbocycles. The van der Waals surface area contributed by atoms with Gasteiger partial charge in [-0.15, -0.1) is 0 Å². The van der Waals surface area contributed by atoms with Crippen molar-refractivity contribution in [2.45, 2.75) is 58.7 Å². The molecule has 5 nitrogen and oxygen atoms in total. The van der Waals surface area contributed by atoms with Gasteiger partial charge in [0.05, 0.1) is 23.2 Å². The smallest absolute Gasteiger partial charge is 0.152 e. The van der Waals surface area contributed by atoms with Crippen molar-refractivity contribution in [2.24, 2.45) is 0 Å². The summed E-state index contributed by atoms with van der Waals surface area (Å²) in [5, 5.41) is 8.24. The largest absolute Gasteiger partial charge is 0.310 e. The van der Waals surface area contributed by atoms with Crippen LogP contribution in [0.1, 0.15) is 48.3 Å². The Balaban J connectivity index is 1.58. The Kier molecular flexibility index (Phi) is 5.82. The zero-order chi connectivity index (χ0) is 18.7. The zero-order valence-corrected chi connectivity index (χ0v) is 16.7. The molecule has 26 heavy (non-hydrogen) atoms. The number of hydrogen-bond acceptors (Lipinski definition) is 4. The van der Waals surface area contributed by atoms with Gasteiger partial charge in [0.1, 0.15) is 0 Å². The molecule has 142 valence electrons. The van der Waals surface area contributed by atoms with Gasteiger partial charge in [0.25, 0.3) is 0 Å². The van der Waals surface area contributed by atoms with E-state index in [0.29, 0.717) is 12.5 Å². The summed E-state index contributed by atoms with van der Waals surface area (Å²) in [6.07, 6.45) is 2.81. The predicted octanol–water partition coefficient (Wildman–Crippen LogP) is 2.97. The van der Waals surface area contributed by atoms with Crippen LogP contribution in [0.2, 0.25) is 0 Å². The Bertz CT molecular complexity index is 843. The molecule has 1 aliphatic heterocycles. The van der Waals surface area contributed by atoms with E-state index in [1.54, 1.807) is 0 Å². The molecule has 1 fully saturated rings. The van der Waals surface area contributed by atoms with Crippen molar-refractivity contribution in [2.75, 3.05) is 11.5 Å². The van der Waals surface area contributed by atoms with Crippen LogP contribution in [0.5, 0.6) is 0 Å². The molecule has 0 spiro atoms. The minimum Gasteiger partial charge on any atom is -0.310 e. The highest BCUT2D eigenvalue weighted by molar-refractivity contribution is 7.91. The number of nitrogens with zero attached hydrogens (tertiary/aromatic N) is 2. The van der Waals surface area contributed by atoms with Gasteiger partial charge in [0, 0.05) is 23.8 Å². The van der Waals surface area contributed by atoms with E-state index in [0.717, 1.165) is 30.8 Å². The molecule has 0 amide bonds. The maximum Gasteiger partial charge on any atom is 0.152 e. The quantitative estimate of drug-likeness (QED) is 0.808. The third-order valence-electron chi connectivity index (χ3n) is 5.37. The fraction of sp³-hybridized carbons (Fsp3) is 0.550. The number of aryl methyl sites for hydroxylation is 2. The molecule has 0 saturated carbocycles. The molecule has 1 N–H and O–H groups in total. The van der Waals surface area contributed by atoms with E-state index in [1.165, 1.54) is 11.1 Å². The van der Waals surface area contributed by atoms with Gasteiger partial charge < -0.3 is 5.32 Å². The van der Waals surface area contributed by atoms with Gasteiger partial charge >= 0.3 is 0 Å². The molecular formula is C20H29N3O2S. The summed E-state index contributed by atoms with van der Waals surface area (Å²) in [4.78, 5) is 0. The number of rotatable bonds is 7. The maximum absolute atomic E-state index is 11.8. The summed E-state index contributed by atoms with van der Waals surface area (Å²) in [5.41, 5.74) is 4.64. The second kappa shape index (κ2) is 7.92. The predicted molar refractivity (Wildman–Crippen MR) is 105 cm³/mol. The van der Waals surface area contributed by atoms with Gasteiger partial charge in [-0.2, -0.15) is 5.10 Å². The molecule has 0 bridgehead atoms. The first-order chi connectivity index (χ1) is 12.4. The lowest BCUT2D eigenvalue weighted by Gasteiger charge is -2.15. The number of nitrogens with one attached hydrogen (secondary N) is 1. The van der Waals surface area contributed by atoms with Crippen LogP contribution in [0.3, 0.4) is 0 Å². The van der Waals surface area contributed by atoms with Crippen LogP contribution in [0.4, 0.5) is 0 Å². The maximum atomic E-state index is 11.8. The summed E-state index contributed by atoms with van der Waals surface area (Å²) in [5.74, 6) is 0.495. The Morgan fingerprint density at radius 1 is 1.27 bits per heavy atom. The van der Waals surface area contributed by atoms with E-state index in [4.69, 9.17) is 0 Å². The van der Waals surface area contributed by atoms with Crippen LogP contribution >= 0.6 is 0 Å². The van der Waals surface area contributed by atoms with Crippen molar-refractivity contribution < 1.29 is 8.42 Å². The van der Waals surface area contributed by atoms with Gasteiger partial charge in [-0.3, -0.25) is 4.68 Å². The van der Waals surface area contributed by atoms with Gasteiger partial charge in [0.2, 0.25) is 0 Å². The standard InChI is InChI=1S/C20H29N3O2S/c1-15(9-10-18-7-5-4-6-8-18)21-13-20-16(2)22-23(17(20)3)19-11-12-26(24,25)14-19/h4-8,15,19,21H,9-14H2,1-3H3/t15-,19+/m1/s1. The number of hydrogen-bond donors (Lipinski definition) is 1. The Morgan fingerprint density at radius 2 is 2.00 bits per heavy atom. The van der Waals surface area contributed by atoms with Crippen LogP contribution in [-0.2, 0) is 22.8 Å². The fourth-order valence-corrected chi connectivity index (χ4v) is 5.37. The van der Waals surface area contributed by atoms with Crippen molar-refractivity contribution in [1.82, 2.24) is 15.1 Å². The lowest BCUT2D eigenvalue weighted by molar-refractivity contribution is 0.483. The first-order valence-corrected chi connectivity index (χ1v) is 11.2. The molecule has 2 atom stereocenters. The molecule has 3 rings (SSSR count). The van der Waals surface area contributed by atoms with Crippen LogP contribution in [-0.4, -0.2) is 35.7 Å². The van der Waals surface area contributed by atoms with Gasteiger partial charge in [-0.05, 0) is 45.6 Å². The van der Waals surface area contributed by atoms with E-state index >= 15 is 0 Å². The van der Waals surface area contributed by atoms with Gasteiger partial charge in [-0.25, -0.2) is 8.42 Å². The second-order valence-electron chi connectivity index (χ2n) is 7.46. The zero-order valence-electron chi connectivity index (χ0n) is 15.9. The Morgan fingerprint density at radius 3 is 2.65 bits per heavy atom. The summed E-state index contributed by atoms with van der Waals surface area (Å²) in [7, 11) is -2.90. The van der Waals surface area contributed by atoms with Crippen LogP contribution in [0, 0.1) is 13.8 Å². The van der Waals surface area contributed by atoms with Crippen molar-refractivity contribution in [3.8, 4) is 0 Å². The highest BCUT2D eigenvalue weighted by atomic mass is 32.2. The average Bonchev–Trinajstić information content (AvgIpc) is 3.11. The lowest BCUT2D eigenvalue weighted by Crippen LogP contribution is -2.26. The van der Waals surface area contributed by atoms with Crippen molar-refractivity contribution in [3.05, 3.63) is 52.8 Å². The minimum atomic E-state index is -2.90. The average molecular weight is 376 g/mol. The lowest BCUT2D eigenvalue weighted by atomic mass is 10.1. The summed E-state index contributed by atoms with van der Waals surface area (Å²) in [6.45, 7) is 7.05. The molecule has 2 aromatic rings. The summed E-state index contributed by atoms with van der Waals surface area (Å²) >= 11 is 0. The highest BCUT2D eigenvalue weighted by Gasteiger charge is 2.31. The number of aromatic nitrogens is 2. The topological polar surface area (TPSA) is 64.0 Å². The van der Waals surface area contributed by atoms with E-state index in [9.17, 15) is 8.42 Å². The first kappa shape index (κ1) is 19.1. The molecule has 2 heterocycles. The van der Waals surface area contributed by atoms with E-state index < -0.39 is 9.84 Å². The van der Waals surface area contributed by atoms with Gasteiger partial charge in [-0.1, -0.05) is 30.3 Å². The third-order valence-corrected chi connectivity index (χ3v) is 7.12. The van der Waals surface area contributed by atoms with Crippen molar-refractivity contribution >= 4 is 9.84 Å². The number of sulfone groups is 1. The molecular weight excluding hydrogens is 346 g/mol. The van der Waals surface area contributed by atoms with E-state index in [2.05, 4.69) is 48.5 Å². The second-order valence-corrected chi connectivity index (χ2v) is 9.69. The number of benzene rings is 1. The van der Waals surface area contributed by atoms with E-state index in [-0.39, 0.29) is 17.5 Å². The normalized spacial score (nSPS) is 20.3. The summed E-state index contributed by atoms with van der Waals surface area (Å²) < 4.78 is 25.5. The Hall–Kier alpha value is -1.66. The fourth-order valence-electron chi connectivity index (χ4n) is 3.68. The third kappa shape index (κ3) is 4.54. The van der Waals surface area contributed by atoms with Gasteiger partial charge in [0.15, 0.2) is 9.84 Å². The molecule has 1 aliphatic rings. The van der Waals surface area contributed by atoms with E-state index in [1.807, 2.05) is 17.7 Å². The minimum absolute atomic E-state index is 0.0112. The SMILES string of the molecule is Cc1nn([C@H]2CCS(=O)(=O)C2)c(C)c1CN[C@H](C)CCc1ccccc1. The Labute approximate surface area is 156 Å². The van der Waals surface area contributed by atoms with Crippen molar-refractivity contribution in [3.63, 3.8) is 0 Å². The highest BCUT2D eigenvalue weighted by Crippen LogP contribution is 2.26. The summed E-state index contributed by atoms with van der Waals surface area (Å²) in [6, 6.07) is 10.9.